The summed E-state index contributed by atoms with van der Waals surface area (Å²) in [7, 11) is 0. The number of rotatable bonds is 4. The van der Waals surface area contributed by atoms with E-state index in [0.717, 1.165) is 21.5 Å². The number of benzene rings is 2. The third-order valence-electron chi connectivity index (χ3n) is 2.91. The van der Waals surface area contributed by atoms with Gasteiger partial charge in [0.05, 0.1) is 11.9 Å². The van der Waals surface area contributed by atoms with Gasteiger partial charge in [-0.15, -0.1) is 0 Å². The van der Waals surface area contributed by atoms with Gasteiger partial charge in [0, 0.05) is 10.0 Å². The Bertz CT molecular complexity index is 733. The molecule has 104 valence electrons. The minimum atomic E-state index is 0.705. The van der Waals surface area contributed by atoms with Gasteiger partial charge in [0.1, 0.15) is 11.5 Å². The highest BCUT2D eigenvalue weighted by atomic mass is 79.9. The predicted molar refractivity (Wildman–Crippen MR) is 89.5 cm³/mol. The van der Waals surface area contributed by atoms with E-state index >= 15 is 0 Å². The number of anilines is 1. The Hall–Kier alpha value is -2.33. The maximum absolute atomic E-state index is 5.74. The molecule has 3 nitrogen and oxygen atoms in total. The first-order chi connectivity index (χ1) is 10.3. The van der Waals surface area contributed by atoms with E-state index in [1.807, 2.05) is 66.7 Å². The highest BCUT2D eigenvalue weighted by Crippen LogP contribution is 2.23. The molecule has 3 aromatic rings. The Labute approximate surface area is 131 Å². The smallest absolute Gasteiger partial charge is 0.147 e. The number of nitrogens with one attached hydrogen (secondary N) is 1. The molecule has 1 N–H and O–H groups in total. The molecule has 0 aliphatic carbocycles. The summed E-state index contributed by atoms with van der Waals surface area (Å²) >= 11 is 3.42. The summed E-state index contributed by atoms with van der Waals surface area (Å²) in [4.78, 5) is 0. The lowest BCUT2D eigenvalue weighted by Gasteiger charge is -1.98. The molecule has 1 aromatic heterocycles. The zero-order chi connectivity index (χ0) is 14.5. The van der Waals surface area contributed by atoms with Crippen molar-refractivity contribution in [3.8, 4) is 11.3 Å². The lowest BCUT2D eigenvalue weighted by Crippen LogP contribution is -1.88. The van der Waals surface area contributed by atoms with Gasteiger partial charge >= 0.3 is 0 Å². The first-order valence-corrected chi connectivity index (χ1v) is 7.30. The van der Waals surface area contributed by atoms with E-state index in [2.05, 4.69) is 26.5 Å². The SMILES string of the molecule is Brc1ccc(-c2ccc(C=NNc3ccccc3)o2)cc1. The number of halogens is 1. The summed E-state index contributed by atoms with van der Waals surface area (Å²) in [6, 6.07) is 21.6. The van der Waals surface area contributed by atoms with Crippen molar-refractivity contribution in [2.45, 2.75) is 0 Å². The molecule has 0 unspecified atom stereocenters. The lowest BCUT2D eigenvalue weighted by molar-refractivity contribution is 0.575. The molecule has 0 radical (unpaired) electrons. The quantitative estimate of drug-likeness (QED) is 0.526. The number of hydrogen-bond donors (Lipinski definition) is 1. The molecule has 0 spiro atoms. The largest absolute Gasteiger partial charge is 0.455 e. The molecule has 0 saturated carbocycles. The summed E-state index contributed by atoms with van der Waals surface area (Å²) in [5, 5.41) is 4.16. The Balaban J connectivity index is 1.69. The van der Waals surface area contributed by atoms with Gasteiger partial charge in [-0.2, -0.15) is 5.10 Å². The van der Waals surface area contributed by atoms with Crippen LogP contribution in [0.1, 0.15) is 5.76 Å². The van der Waals surface area contributed by atoms with Gasteiger partial charge in [-0.05, 0) is 36.4 Å². The van der Waals surface area contributed by atoms with E-state index in [1.165, 1.54) is 0 Å². The van der Waals surface area contributed by atoms with Gasteiger partial charge in [-0.3, -0.25) is 5.43 Å². The van der Waals surface area contributed by atoms with Gasteiger partial charge in [0.25, 0.3) is 0 Å². The Morgan fingerprint density at radius 3 is 2.43 bits per heavy atom. The van der Waals surface area contributed by atoms with Gasteiger partial charge in [-0.25, -0.2) is 0 Å². The molecular formula is C17H13BrN2O. The maximum atomic E-state index is 5.74. The van der Waals surface area contributed by atoms with Crippen LogP contribution >= 0.6 is 15.9 Å². The van der Waals surface area contributed by atoms with E-state index in [1.54, 1.807) is 6.21 Å². The van der Waals surface area contributed by atoms with Crippen LogP contribution < -0.4 is 5.43 Å². The molecule has 0 aliphatic rings. The zero-order valence-corrected chi connectivity index (χ0v) is 12.7. The van der Waals surface area contributed by atoms with Crippen molar-refractivity contribution in [3.63, 3.8) is 0 Å². The molecule has 0 fully saturated rings. The molecular weight excluding hydrogens is 328 g/mol. The van der Waals surface area contributed by atoms with E-state index in [4.69, 9.17) is 4.42 Å². The fourth-order valence-corrected chi connectivity index (χ4v) is 2.14. The van der Waals surface area contributed by atoms with Crippen molar-refractivity contribution >= 4 is 27.8 Å². The number of para-hydroxylation sites is 1. The van der Waals surface area contributed by atoms with Crippen LogP contribution in [0, 0.1) is 0 Å². The van der Waals surface area contributed by atoms with Crippen LogP contribution in [0.2, 0.25) is 0 Å². The number of nitrogens with zero attached hydrogens (tertiary/aromatic N) is 1. The summed E-state index contributed by atoms with van der Waals surface area (Å²) in [5.41, 5.74) is 4.93. The molecule has 0 saturated heterocycles. The minimum absolute atomic E-state index is 0.705. The first kappa shape index (κ1) is 13.6. The third kappa shape index (κ3) is 3.61. The number of hydrogen-bond acceptors (Lipinski definition) is 3. The van der Waals surface area contributed by atoms with E-state index in [0.29, 0.717) is 5.76 Å². The van der Waals surface area contributed by atoms with Gasteiger partial charge < -0.3 is 4.42 Å². The second-order valence-corrected chi connectivity index (χ2v) is 5.36. The third-order valence-corrected chi connectivity index (χ3v) is 3.44. The van der Waals surface area contributed by atoms with Crippen LogP contribution in [-0.2, 0) is 0 Å². The Morgan fingerprint density at radius 2 is 1.67 bits per heavy atom. The van der Waals surface area contributed by atoms with Crippen LogP contribution in [0.4, 0.5) is 5.69 Å². The average molecular weight is 341 g/mol. The van der Waals surface area contributed by atoms with Gasteiger partial charge in [0.2, 0.25) is 0 Å². The molecule has 0 amide bonds. The minimum Gasteiger partial charge on any atom is -0.455 e. The van der Waals surface area contributed by atoms with Crippen LogP contribution in [0.25, 0.3) is 11.3 Å². The van der Waals surface area contributed by atoms with Crippen molar-refractivity contribution in [3.05, 3.63) is 77.0 Å². The van der Waals surface area contributed by atoms with Crippen molar-refractivity contribution in [1.29, 1.82) is 0 Å². The summed E-state index contributed by atoms with van der Waals surface area (Å²) in [6.45, 7) is 0. The molecule has 0 aliphatic heterocycles. The fourth-order valence-electron chi connectivity index (χ4n) is 1.87. The lowest BCUT2D eigenvalue weighted by atomic mass is 10.2. The maximum Gasteiger partial charge on any atom is 0.147 e. The van der Waals surface area contributed by atoms with Crippen molar-refractivity contribution in [2.24, 2.45) is 5.10 Å². The molecule has 3 rings (SSSR count). The van der Waals surface area contributed by atoms with Crippen LogP contribution in [0.15, 0.2) is 80.7 Å². The zero-order valence-electron chi connectivity index (χ0n) is 11.2. The average Bonchev–Trinajstić information content (AvgIpc) is 2.98. The molecule has 0 bridgehead atoms. The highest BCUT2D eigenvalue weighted by Gasteiger charge is 2.03. The second kappa shape index (κ2) is 6.41. The standard InChI is InChI=1S/C17H13BrN2O/c18-14-8-6-13(7-9-14)17-11-10-16(21-17)12-19-20-15-4-2-1-3-5-15/h1-12,20H. The van der Waals surface area contributed by atoms with Crippen molar-refractivity contribution in [1.82, 2.24) is 0 Å². The Kier molecular flexibility index (Phi) is 4.17. The molecule has 21 heavy (non-hydrogen) atoms. The summed E-state index contributed by atoms with van der Waals surface area (Å²) in [6.07, 6.45) is 1.66. The van der Waals surface area contributed by atoms with Gasteiger partial charge in [0.15, 0.2) is 0 Å². The summed E-state index contributed by atoms with van der Waals surface area (Å²) in [5.74, 6) is 1.53. The van der Waals surface area contributed by atoms with E-state index in [-0.39, 0.29) is 0 Å². The van der Waals surface area contributed by atoms with E-state index < -0.39 is 0 Å². The fraction of sp³-hybridized carbons (Fsp3) is 0. The second-order valence-electron chi connectivity index (χ2n) is 4.44. The number of furan rings is 1. The van der Waals surface area contributed by atoms with Crippen LogP contribution in [0.3, 0.4) is 0 Å². The first-order valence-electron chi connectivity index (χ1n) is 6.51. The molecule has 4 heteroatoms. The monoisotopic (exact) mass is 340 g/mol. The Morgan fingerprint density at radius 1 is 0.905 bits per heavy atom. The van der Waals surface area contributed by atoms with Crippen molar-refractivity contribution in [2.75, 3.05) is 5.43 Å². The normalized spacial score (nSPS) is 10.9. The topological polar surface area (TPSA) is 37.5 Å². The molecule has 0 atom stereocenters. The van der Waals surface area contributed by atoms with Gasteiger partial charge in [-0.1, -0.05) is 46.3 Å². The highest BCUT2D eigenvalue weighted by molar-refractivity contribution is 9.10. The van der Waals surface area contributed by atoms with Crippen LogP contribution in [0.5, 0.6) is 0 Å². The van der Waals surface area contributed by atoms with Crippen LogP contribution in [-0.4, -0.2) is 6.21 Å². The number of hydrazone groups is 1. The molecule has 1 heterocycles. The van der Waals surface area contributed by atoms with Crippen molar-refractivity contribution < 1.29 is 4.42 Å². The van der Waals surface area contributed by atoms with E-state index in [9.17, 15) is 0 Å². The predicted octanol–water partition coefficient (Wildman–Crippen LogP) is 5.16. The molecule has 2 aromatic carbocycles. The summed E-state index contributed by atoms with van der Waals surface area (Å²) < 4.78 is 6.79.